The molecular weight excluding hydrogens is 316 g/mol. The van der Waals surface area contributed by atoms with Gasteiger partial charge in [0, 0.05) is 25.7 Å². The first-order valence-electron chi connectivity index (χ1n) is 8.27. The normalized spacial score (nSPS) is 46.2. The maximum absolute atomic E-state index is 12.3. The number of esters is 3. The highest BCUT2D eigenvalue weighted by Crippen LogP contribution is 2.50. The minimum Gasteiger partial charge on any atom is -0.462 e. The molecule has 3 heterocycles. The molecule has 0 aromatic rings. The van der Waals surface area contributed by atoms with Crippen molar-refractivity contribution in [2.75, 3.05) is 0 Å². The zero-order chi connectivity index (χ0) is 17.2. The van der Waals surface area contributed by atoms with Crippen molar-refractivity contribution in [2.24, 2.45) is 11.8 Å². The highest BCUT2D eigenvalue weighted by molar-refractivity contribution is 5.92. The maximum atomic E-state index is 12.3. The molecule has 7 heteroatoms. The Labute approximate surface area is 139 Å². The molecule has 2 fully saturated rings. The summed E-state index contributed by atoms with van der Waals surface area (Å²) in [6.07, 6.45) is 0.904. The van der Waals surface area contributed by atoms with Gasteiger partial charge in [-0.1, -0.05) is 6.92 Å². The van der Waals surface area contributed by atoms with E-state index in [1.54, 1.807) is 13.0 Å². The summed E-state index contributed by atoms with van der Waals surface area (Å²) in [6, 6.07) is 0. The summed E-state index contributed by atoms with van der Waals surface area (Å²) in [5.74, 6) is -1.85. The fraction of sp³-hybridized carbons (Fsp3) is 0.706. The third kappa shape index (κ3) is 2.33. The van der Waals surface area contributed by atoms with Gasteiger partial charge in [0.15, 0.2) is 0 Å². The van der Waals surface area contributed by atoms with Gasteiger partial charge in [-0.25, -0.2) is 4.79 Å². The molecule has 0 unspecified atom stereocenters. The fourth-order valence-electron chi connectivity index (χ4n) is 4.19. The van der Waals surface area contributed by atoms with Crippen LogP contribution in [-0.4, -0.2) is 47.9 Å². The van der Waals surface area contributed by atoms with Crippen molar-refractivity contribution < 1.29 is 33.3 Å². The molecule has 3 aliphatic heterocycles. The van der Waals surface area contributed by atoms with E-state index in [4.69, 9.17) is 18.9 Å². The van der Waals surface area contributed by atoms with Crippen LogP contribution in [0, 0.1) is 11.8 Å². The highest BCUT2D eigenvalue weighted by atomic mass is 16.6. The van der Waals surface area contributed by atoms with Gasteiger partial charge in [-0.2, -0.15) is 0 Å². The zero-order valence-electron chi connectivity index (χ0n) is 13.8. The largest absolute Gasteiger partial charge is 0.462 e. The Balaban J connectivity index is 1.72. The topological polar surface area (TPSA) is 91.4 Å². The molecule has 24 heavy (non-hydrogen) atoms. The average molecular weight is 336 g/mol. The van der Waals surface area contributed by atoms with Crippen LogP contribution < -0.4 is 0 Å². The monoisotopic (exact) mass is 336 g/mol. The van der Waals surface area contributed by atoms with Crippen LogP contribution >= 0.6 is 0 Å². The second kappa shape index (κ2) is 5.05. The van der Waals surface area contributed by atoms with E-state index in [1.807, 2.05) is 6.92 Å². The third-order valence-corrected chi connectivity index (χ3v) is 5.57. The van der Waals surface area contributed by atoms with Gasteiger partial charge in [0.2, 0.25) is 0 Å². The Kier molecular flexibility index (Phi) is 3.29. The molecule has 0 saturated carbocycles. The fourth-order valence-corrected chi connectivity index (χ4v) is 4.19. The Bertz CT molecular complexity index is 653. The molecule has 1 aliphatic carbocycles. The van der Waals surface area contributed by atoms with Crippen molar-refractivity contribution in [3.8, 4) is 0 Å². The minimum absolute atomic E-state index is 0.150. The summed E-state index contributed by atoms with van der Waals surface area (Å²) in [7, 11) is 0. The molecule has 4 rings (SSSR count). The van der Waals surface area contributed by atoms with Crippen LogP contribution in [0.15, 0.2) is 11.6 Å². The van der Waals surface area contributed by atoms with Crippen LogP contribution in [-0.2, 0) is 33.3 Å². The summed E-state index contributed by atoms with van der Waals surface area (Å²) >= 11 is 0. The summed E-state index contributed by atoms with van der Waals surface area (Å²) in [5.41, 5.74) is -0.105. The van der Waals surface area contributed by atoms with Gasteiger partial charge < -0.3 is 18.9 Å². The quantitative estimate of drug-likeness (QED) is 0.399. The lowest BCUT2D eigenvalue weighted by atomic mass is 9.81. The Morgan fingerprint density at radius 1 is 1.33 bits per heavy atom. The van der Waals surface area contributed by atoms with Crippen LogP contribution in [0.4, 0.5) is 0 Å². The zero-order valence-corrected chi connectivity index (χ0v) is 13.8. The number of carbonyl (C=O) groups is 3. The minimum atomic E-state index is -0.684. The second-order valence-electron chi connectivity index (χ2n) is 7.29. The molecule has 7 nitrogen and oxygen atoms in total. The molecule has 0 aromatic heterocycles. The van der Waals surface area contributed by atoms with Crippen molar-refractivity contribution in [3.05, 3.63) is 11.6 Å². The van der Waals surface area contributed by atoms with E-state index < -0.39 is 29.7 Å². The number of hydrogen-bond donors (Lipinski definition) is 0. The number of fused-ring (bicyclic) bond motifs is 4. The SMILES string of the molecule is CC(=O)O[C@H]1C[C@H]2O[C@@]2(C)C[C@@H]2OC(=O)[C@H](C)[C@@H]2[C@H]2C=C1C(=O)O2. The molecular formula is C17H20O7. The highest BCUT2D eigenvalue weighted by Gasteiger charge is 2.60. The summed E-state index contributed by atoms with van der Waals surface area (Å²) in [5, 5.41) is 0. The molecule has 2 saturated heterocycles. The van der Waals surface area contributed by atoms with Crippen molar-refractivity contribution in [3.63, 3.8) is 0 Å². The molecule has 4 aliphatic rings. The molecule has 0 aromatic carbocycles. The van der Waals surface area contributed by atoms with Gasteiger partial charge in [-0.3, -0.25) is 9.59 Å². The van der Waals surface area contributed by atoms with E-state index in [9.17, 15) is 14.4 Å². The second-order valence-corrected chi connectivity index (χ2v) is 7.29. The molecule has 0 N–H and O–H groups in total. The number of rotatable bonds is 1. The lowest BCUT2D eigenvalue weighted by Crippen LogP contribution is -2.35. The van der Waals surface area contributed by atoms with Crippen molar-refractivity contribution in [1.29, 1.82) is 0 Å². The van der Waals surface area contributed by atoms with Crippen LogP contribution in [0.5, 0.6) is 0 Å². The van der Waals surface area contributed by atoms with E-state index in [1.165, 1.54) is 6.92 Å². The molecule has 130 valence electrons. The smallest absolute Gasteiger partial charge is 0.338 e. The predicted octanol–water partition coefficient (Wildman–Crippen LogP) is 0.899. The summed E-state index contributed by atoms with van der Waals surface area (Å²) in [4.78, 5) is 35.8. The molecule has 0 spiro atoms. The predicted molar refractivity (Wildman–Crippen MR) is 78.6 cm³/mol. The van der Waals surface area contributed by atoms with Gasteiger partial charge in [-0.05, 0) is 13.0 Å². The van der Waals surface area contributed by atoms with E-state index in [0.29, 0.717) is 18.4 Å². The summed E-state index contributed by atoms with van der Waals surface area (Å²) < 4.78 is 22.2. The van der Waals surface area contributed by atoms with Gasteiger partial charge in [0.25, 0.3) is 0 Å². The summed E-state index contributed by atoms with van der Waals surface area (Å²) in [6.45, 7) is 5.05. The van der Waals surface area contributed by atoms with Gasteiger partial charge in [0.1, 0.15) is 18.3 Å². The van der Waals surface area contributed by atoms with Crippen LogP contribution in [0.2, 0.25) is 0 Å². The van der Waals surface area contributed by atoms with Crippen LogP contribution in [0.25, 0.3) is 0 Å². The first-order valence-corrected chi connectivity index (χ1v) is 8.27. The van der Waals surface area contributed by atoms with Crippen molar-refractivity contribution in [2.45, 2.75) is 63.6 Å². The molecule has 0 radical (unpaired) electrons. The Hall–Kier alpha value is -1.89. The standard InChI is InChI=1S/C17H20O7/c1-7-14-11-4-9(16(20)22-11)10(21-8(2)18)5-13-17(3,24-13)6-12(14)23-15(7)19/h4,7,10-14H,5-6H2,1-3H3/t7-,10+,11-,12+,13-,14-,17+/m1/s1. The lowest BCUT2D eigenvalue weighted by Gasteiger charge is -2.25. The lowest BCUT2D eigenvalue weighted by molar-refractivity contribution is -0.148. The van der Waals surface area contributed by atoms with E-state index >= 15 is 0 Å². The number of hydrogen-bond acceptors (Lipinski definition) is 7. The van der Waals surface area contributed by atoms with Crippen molar-refractivity contribution in [1.82, 2.24) is 0 Å². The Morgan fingerprint density at radius 2 is 2.08 bits per heavy atom. The first-order chi connectivity index (χ1) is 11.3. The van der Waals surface area contributed by atoms with E-state index in [2.05, 4.69) is 0 Å². The number of ether oxygens (including phenoxy) is 4. The van der Waals surface area contributed by atoms with Crippen molar-refractivity contribution >= 4 is 17.9 Å². The Morgan fingerprint density at radius 3 is 2.79 bits per heavy atom. The first kappa shape index (κ1) is 15.6. The average Bonchev–Trinajstić information content (AvgIpc) is 2.80. The van der Waals surface area contributed by atoms with Crippen LogP contribution in [0.1, 0.15) is 33.6 Å². The van der Waals surface area contributed by atoms with Gasteiger partial charge in [-0.15, -0.1) is 0 Å². The molecule has 0 amide bonds. The molecule has 7 atom stereocenters. The van der Waals surface area contributed by atoms with Gasteiger partial charge in [0.05, 0.1) is 23.2 Å². The van der Waals surface area contributed by atoms with E-state index in [-0.39, 0.29) is 30.0 Å². The van der Waals surface area contributed by atoms with Gasteiger partial charge >= 0.3 is 17.9 Å². The van der Waals surface area contributed by atoms with Crippen LogP contribution in [0.3, 0.4) is 0 Å². The molecule has 2 bridgehead atoms. The number of carbonyl (C=O) groups excluding carboxylic acids is 3. The van der Waals surface area contributed by atoms with E-state index in [0.717, 1.165) is 0 Å². The third-order valence-electron chi connectivity index (χ3n) is 5.57. The number of epoxide rings is 1. The maximum Gasteiger partial charge on any atom is 0.338 e.